The molecule has 3 aromatic heterocycles. The second kappa shape index (κ2) is 6.55. The van der Waals surface area contributed by atoms with Gasteiger partial charge in [0.05, 0.1) is 11.1 Å². The molecule has 0 aromatic carbocycles. The van der Waals surface area contributed by atoms with Gasteiger partial charge in [-0.15, -0.1) is 11.8 Å². The van der Waals surface area contributed by atoms with Crippen molar-refractivity contribution in [2.45, 2.75) is 11.8 Å². The van der Waals surface area contributed by atoms with Crippen LogP contribution in [0.1, 0.15) is 5.76 Å². The lowest BCUT2D eigenvalue weighted by Crippen LogP contribution is -2.37. The fourth-order valence-electron chi connectivity index (χ4n) is 2.33. The minimum atomic E-state index is -0.453. The van der Waals surface area contributed by atoms with Crippen LogP contribution in [0.15, 0.2) is 37.3 Å². The molecule has 0 aliphatic heterocycles. The second-order valence-electron chi connectivity index (χ2n) is 5.37. The topological polar surface area (TPSA) is 112 Å². The third kappa shape index (κ3) is 3.20. The molecule has 0 atom stereocenters. The number of anilines is 1. The van der Waals surface area contributed by atoms with Crippen molar-refractivity contribution in [2.75, 3.05) is 11.1 Å². The van der Waals surface area contributed by atoms with Crippen LogP contribution in [0, 0.1) is 6.92 Å². The maximum atomic E-state index is 12.4. The third-order valence-corrected chi connectivity index (χ3v) is 4.61. The lowest BCUT2D eigenvalue weighted by Gasteiger charge is -2.09. The molecule has 0 spiro atoms. The van der Waals surface area contributed by atoms with Crippen LogP contribution >= 0.6 is 11.8 Å². The first-order valence-electron chi connectivity index (χ1n) is 7.29. The Kier molecular flexibility index (Phi) is 4.45. The van der Waals surface area contributed by atoms with Crippen molar-refractivity contribution in [1.82, 2.24) is 19.3 Å². The molecular formula is C15H15N5O4S. The Morgan fingerprint density at radius 2 is 2.08 bits per heavy atom. The summed E-state index contributed by atoms with van der Waals surface area (Å²) in [7, 11) is 2.95. The highest BCUT2D eigenvalue weighted by atomic mass is 32.2. The first kappa shape index (κ1) is 17.0. The molecule has 0 aliphatic rings. The zero-order valence-corrected chi connectivity index (χ0v) is 14.6. The van der Waals surface area contributed by atoms with Gasteiger partial charge in [-0.25, -0.2) is 9.78 Å². The Hall–Kier alpha value is -2.88. The van der Waals surface area contributed by atoms with Crippen molar-refractivity contribution < 1.29 is 9.32 Å². The summed E-state index contributed by atoms with van der Waals surface area (Å²) in [4.78, 5) is 41.1. The number of aryl methyl sites for hydroxylation is 2. The standard InChI is InChI=1S/C15H15N5O4S/c1-8-6-10(18-24-8)17-11(21)7-25-9-4-5-16-13-12(9)14(22)20(3)15(23)19(13)2/h4-6H,7H2,1-3H3,(H,17,18,21). The first-order valence-corrected chi connectivity index (χ1v) is 8.27. The van der Waals surface area contributed by atoms with Crippen molar-refractivity contribution in [3.05, 3.63) is 44.9 Å². The van der Waals surface area contributed by atoms with Gasteiger partial charge in [0, 0.05) is 31.3 Å². The molecule has 0 saturated carbocycles. The van der Waals surface area contributed by atoms with Crippen molar-refractivity contribution in [2.24, 2.45) is 14.1 Å². The Bertz CT molecular complexity index is 1080. The lowest BCUT2D eigenvalue weighted by molar-refractivity contribution is -0.113. The van der Waals surface area contributed by atoms with Gasteiger partial charge in [-0.05, 0) is 13.0 Å². The van der Waals surface area contributed by atoms with Gasteiger partial charge in [-0.2, -0.15) is 0 Å². The molecule has 1 amide bonds. The summed E-state index contributed by atoms with van der Waals surface area (Å²) in [6.07, 6.45) is 1.50. The maximum Gasteiger partial charge on any atom is 0.332 e. The number of fused-ring (bicyclic) bond motifs is 1. The Balaban J connectivity index is 1.88. The van der Waals surface area contributed by atoms with E-state index in [1.807, 2.05) is 0 Å². The summed E-state index contributed by atoms with van der Waals surface area (Å²) in [6.45, 7) is 1.72. The molecular weight excluding hydrogens is 346 g/mol. The van der Waals surface area contributed by atoms with Crippen LogP contribution in [0.3, 0.4) is 0 Å². The zero-order chi connectivity index (χ0) is 18.1. The smallest absolute Gasteiger partial charge is 0.332 e. The minimum Gasteiger partial charge on any atom is -0.360 e. The van der Waals surface area contributed by atoms with Gasteiger partial charge < -0.3 is 9.84 Å². The molecule has 3 heterocycles. The number of thioether (sulfide) groups is 1. The van der Waals surface area contributed by atoms with Crippen molar-refractivity contribution in [3.8, 4) is 0 Å². The SMILES string of the molecule is Cc1cc(NC(=O)CSc2ccnc3c2c(=O)n(C)c(=O)n3C)no1. The van der Waals surface area contributed by atoms with E-state index < -0.39 is 11.2 Å². The number of rotatable bonds is 4. The van der Waals surface area contributed by atoms with E-state index in [1.54, 1.807) is 26.1 Å². The maximum absolute atomic E-state index is 12.4. The number of nitrogens with zero attached hydrogens (tertiary/aromatic N) is 4. The van der Waals surface area contributed by atoms with Crippen LogP contribution in [0.2, 0.25) is 0 Å². The Morgan fingerprint density at radius 1 is 1.32 bits per heavy atom. The summed E-state index contributed by atoms with van der Waals surface area (Å²) in [5.74, 6) is 0.704. The van der Waals surface area contributed by atoms with E-state index in [1.165, 1.54) is 29.6 Å². The van der Waals surface area contributed by atoms with Crippen LogP contribution in [-0.4, -0.2) is 30.9 Å². The highest BCUT2D eigenvalue weighted by Gasteiger charge is 2.15. The summed E-state index contributed by atoms with van der Waals surface area (Å²) in [5.41, 5.74) is -0.613. The normalized spacial score (nSPS) is 11.0. The van der Waals surface area contributed by atoms with Gasteiger partial charge in [-0.1, -0.05) is 5.16 Å². The van der Waals surface area contributed by atoms with Crippen LogP contribution in [0.4, 0.5) is 5.82 Å². The monoisotopic (exact) mass is 361 g/mol. The summed E-state index contributed by atoms with van der Waals surface area (Å²) in [5, 5.41) is 6.61. The third-order valence-electron chi connectivity index (χ3n) is 3.56. The van der Waals surface area contributed by atoms with Crippen molar-refractivity contribution >= 4 is 34.5 Å². The quantitative estimate of drug-likeness (QED) is 0.679. The molecule has 0 radical (unpaired) electrons. The lowest BCUT2D eigenvalue weighted by atomic mass is 10.3. The summed E-state index contributed by atoms with van der Waals surface area (Å²) in [6, 6.07) is 3.25. The Morgan fingerprint density at radius 3 is 2.76 bits per heavy atom. The number of carbonyl (C=O) groups excluding carboxylic acids is 1. The van der Waals surface area contributed by atoms with Crippen molar-refractivity contribution in [1.29, 1.82) is 0 Å². The average Bonchev–Trinajstić information content (AvgIpc) is 3.00. The van der Waals surface area contributed by atoms with Crippen LogP contribution in [-0.2, 0) is 18.9 Å². The van der Waals surface area contributed by atoms with E-state index in [2.05, 4.69) is 15.5 Å². The fraction of sp³-hybridized carbons (Fsp3) is 0.267. The highest BCUT2D eigenvalue weighted by Crippen LogP contribution is 2.23. The van der Waals surface area contributed by atoms with E-state index in [0.717, 1.165) is 4.57 Å². The highest BCUT2D eigenvalue weighted by molar-refractivity contribution is 8.00. The van der Waals surface area contributed by atoms with Crippen LogP contribution in [0.5, 0.6) is 0 Å². The van der Waals surface area contributed by atoms with E-state index in [-0.39, 0.29) is 17.3 Å². The molecule has 0 aliphatic carbocycles. The molecule has 3 aromatic rings. The van der Waals surface area contributed by atoms with Crippen LogP contribution < -0.4 is 16.6 Å². The number of nitrogens with one attached hydrogen (secondary N) is 1. The largest absolute Gasteiger partial charge is 0.360 e. The molecule has 0 unspecified atom stereocenters. The second-order valence-corrected chi connectivity index (χ2v) is 6.39. The molecule has 0 saturated heterocycles. The van der Waals surface area contributed by atoms with Gasteiger partial charge in [-0.3, -0.25) is 18.7 Å². The number of carbonyl (C=O) groups is 1. The van der Waals surface area contributed by atoms with Gasteiger partial charge in [0.15, 0.2) is 5.82 Å². The van der Waals surface area contributed by atoms with Gasteiger partial charge in [0.2, 0.25) is 5.91 Å². The zero-order valence-electron chi connectivity index (χ0n) is 13.8. The van der Waals surface area contributed by atoms with Gasteiger partial charge >= 0.3 is 5.69 Å². The molecule has 130 valence electrons. The number of amides is 1. The fourth-order valence-corrected chi connectivity index (χ4v) is 3.17. The van der Waals surface area contributed by atoms with Crippen molar-refractivity contribution in [3.63, 3.8) is 0 Å². The van der Waals surface area contributed by atoms with E-state index in [4.69, 9.17) is 4.52 Å². The molecule has 25 heavy (non-hydrogen) atoms. The molecule has 3 rings (SSSR count). The van der Waals surface area contributed by atoms with Gasteiger partial charge in [0.25, 0.3) is 5.56 Å². The predicted molar refractivity (Wildman–Crippen MR) is 92.8 cm³/mol. The predicted octanol–water partition coefficient (Wildman–Crippen LogP) is 0.659. The number of hydrogen-bond acceptors (Lipinski definition) is 7. The molecule has 9 nitrogen and oxygen atoms in total. The molecule has 10 heteroatoms. The van der Waals surface area contributed by atoms with E-state index in [0.29, 0.717) is 21.9 Å². The number of pyridine rings is 1. The Labute approximate surface area is 145 Å². The van der Waals surface area contributed by atoms with E-state index in [9.17, 15) is 14.4 Å². The van der Waals surface area contributed by atoms with E-state index >= 15 is 0 Å². The summed E-state index contributed by atoms with van der Waals surface area (Å²) >= 11 is 1.18. The molecule has 0 fully saturated rings. The average molecular weight is 361 g/mol. The molecule has 1 N–H and O–H groups in total. The number of aromatic nitrogens is 4. The molecule has 0 bridgehead atoms. The number of hydrogen-bond donors (Lipinski definition) is 1. The van der Waals surface area contributed by atoms with Gasteiger partial charge in [0.1, 0.15) is 11.4 Å². The first-order chi connectivity index (χ1) is 11.9. The minimum absolute atomic E-state index is 0.0665. The van der Waals surface area contributed by atoms with Crippen LogP contribution in [0.25, 0.3) is 11.0 Å². The summed E-state index contributed by atoms with van der Waals surface area (Å²) < 4.78 is 7.21.